The predicted molar refractivity (Wildman–Crippen MR) is 87.4 cm³/mol. The lowest BCUT2D eigenvalue weighted by Crippen LogP contribution is -2.04. The molecule has 3 rings (SSSR count). The molecule has 0 saturated carbocycles. The molecule has 0 saturated heterocycles. The summed E-state index contributed by atoms with van der Waals surface area (Å²) in [6.45, 7) is 4.20. The summed E-state index contributed by atoms with van der Waals surface area (Å²) in [5.41, 5.74) is 4.80. The summed E-state index contributed by atoms with van der Waals surface area (Å²) in [6, 6.07) is 16.8. The molecule has 0 unspecified atom stereocenters. The average Bonchev–Trinajstić information content (AvgIpc) is 3.01. The lowest BCUT2D eigenvalue weighted by Gasteiger charge is -2.12. The number of nitrogens with one attached hydrogen (secondary N) is 2. The molecule has 21 heavy (non-hydrogen) atoms. The highest BCUT2D eigenvalue weighted by atomic mass is 16.5. The van der Waals surface area contributed by atoms with E-state index in [0.717, 1.165) is 18.8 Å². The van der Waals surface area contributed by atoms with Gasteiger partial charge < -0.3 is 15.0 Å². The molecule has 108 valence electrons. The summed E-state index contributed by atoms with van der Waals surface area (Å²) in [5.74, 6) is 0. The zero-order valence-electron chi connectivity index (χ0n) is 12.2. The molecule has 0 aliphatic carbocycles. The molecule has 0 bridgehead atoms. The molecular formula is C18H20N2O. The van der Waals surface area contributed by atoms with Gasteiger partial charge in [-0.2, -0.15) is 0 Å². The first-order valence-corrected chi connectivity index (χ1v) is 7.33. The Morgan fingerprint density at radius 1 is 1.00 bits per heavy atom. The van der Waals surface area contributed by atoms with Crippen molar-refractivity contribution >= 4 is 16.6 Å². The van der Waals surface area contributed by atoms with E-state index >= 15 is 0 Å². The van der Waals surface area contributed by atoms with Crippen LogP contribution in [0.5, 0.6) is 0 Å². The van der Waals surface area contributed by atoms with E-state index < -0.39 is 0 Å². The molecule has 0 spiro atoms. The highest BCUT2D eigenvalue weighted by Crippen LogP contribution is 2.21. The van der Waals surface area contributed by atoms with Gasteiger partial charge in [-0.3, -0.25) is 0 Å². The van der Waals surface area contributed by atoms with Crippen LogP contribution in [0.25, 0.3) is 10.9 Å². The third-order valence-corrected chi connectivity index (χ3v) is 3.63. The first-order chi connectivity index (χ1) is 10.4. The molecular weight excluding hydrogens is 260 g/mol. The number of para-hydroxylation sites is 1. The standard InChI is InChI=1S/C18H20N2O/c1-2-21-13-15-6-3-4-8-17(15)20-12-14-7-5-9-18-16(14)10-11-19-18/h3-11,19-20H,2,12-13H2,1H3. The molecule has 0 amide bonds. The van der Waals surface area contributed by atoms with E-state index in [9.17, 15) is 0 Å². The normalized spacial score (nSPS) is 10.9. The van der Waals surface area contributed by atoms with Crippen LogP contribution in [0.1, 0.15) is 18.1 Å². The Morgan fingerprint density at radius 3 is 2.76 bits per heavy atom. The number of H-pyrrole nitrogens is 1. The van der Waals surface area contributed by atoms with Crippen LogP contribution in [-0.4, -0.2) is 11.6 Å². The van der Waals surface area contributed by atoms with Crippen LogP contribution in [0, 0.1) is 0 Å². The second-order valence-corrected chi connectivity index (χ2v) is 5.00. The molecule has 0 fully saturated rings. The van der Waals surface area contributed by atoms with E-state index in [0.29, 0.717) is 6.61 Å². The number of benzene rings is 2. The number of hydrogen-bond acceptors (Lipinski definition) is 2. The van der Waals surface area contributed by atoms with Crippen molar-refractivity contribution in [3.8, 4) is 0 Å². The van der Waals surface area contributed by atoms with E-state index in [4.69, 9.17) is 4.74 Å². The van der Waals surface area contributed by atoms with Crippen LogP contribution < -0.4 is 5.32 Å². The van der Waals surface area contributed by atoms with Crippen LogP contribution in [0.3, 0.4) is 0 Å². The van der Waals surface area contributed by atoms with Gasteiger partial charge >= 0.3 is 0 Å². The third kappa shape index (κ3) is 3.09. The highest BCUT2D eigenvalue weighted by Gasteiger charge is 2.04. The van der Waals surface area contributed by atoms with Crippen LogP contribution in [0.2, 0.25) is 0 Å². The van der Waals surface area contributed by atoms with Gasteiger partial charge in [-0.25, -0.2) is 0 Å². The Bertz CT molecular complexity index is 718. The fourth-order valence-electron chi connectivity index (χ4n) is 2.53. The molecule has 2 N–H and O–H groups in total. The second kappa shape index (κ2) is 6.46. The molecule has 3 nitrogen and oxygen atoms in total. The van der Waals surface area contributed by atoms with Crippen molar-refractivity contribution in [3.63, 3.8) is 0 Å². The van der Waals surface area contributed by atoms with Gasteiger partial charge in [0.05, 0.1) is 6.61 Å². The number of rotatable bonds is 6. The van der Waals surface area contributed by atoms with Gasteiger partial charge in [0, 0.05) is 41.5 Å². The van der Waals surface area contributed by atoms with Gasteiger partial charge in [0.15, 0.2) is 0 Å². The lowest BCUT2D eigenvalue weighted by atomic mass is 10.1. The van der Waals surface area contributed by atoms with Gasteiger partial charge in [0.1, 0.15) is 0 Å². The smallest absolute Gasteiger partial charge is 0.0736 e. The van der Waals surface area contributed by atoms with Crippen molar-refractivity contribution < 1.29 is 4.74 Å². The van der Waals surface area contributed by atoms with E-state index in [1.54, 1.807) is 0 Å². The summed E-state index contributed by atoms with van der Waals surface area (Å²) in [7, 11) is 0. The summed E-state index contributed by atoms with van der Waals surface area (Å²) in [4.78, 5) is 3.25. The van der Waals surface area contributed by atoms with Gasteiger partial charge in [-0.15, -0.1) is 0 Å². The van der Waals surface area contributed by atoms with Crippen molar-refractivity contribution in [1.82, 2.24) is 4.98 Å². The number of fused-ring (bicyclic) bond motifs is 1. The van der Waals surface area contributed by atoms with Crippen molar-refractivity contribution in [2.75, 3.05) is 11.9 Å². The predicted octanol–water partition coefficient (Wildman–Crippen LogP) is 4.32. The van der Waals surface area contributed by atoms with Crippen molar-refractivity contribution in [3.05, 3.63) is 65.9 Å². The fourth-order valence-corrected chi connectivity index (χ4v) is 2.53. The zero-order chi connectivity index (χ0) is 14.5. The van der Waals surface area contributed by atoms with E-state index in [1.165, 1.54) is 22.0 Å². The fraction of sp³-hybridized carbons (Fsp3) is 0.222. The molecule has 1 aromatic heterocycles. The number of anilines is 1. The molecule has 3 heteroatoms. The minimum absolute atomic E-state index is 0.647. The number of hydrogen-bond donors (Lipinski definition) is 2. The van der Waals surface area contributed by atoms with Crippen LogP contribution in [0.4, 0.5) is 5.69 Å². The summed E-state index contributed by atoms with van der Waals surface area (Å²) in [5, 5.41) is 4.80. The SMILES string of the molecule is CCOCc1ccccc1NCc1cccc2[nH]ccc12. The molecule has 1 heterocycles. The monoisotopic (exact) mass is 280 g/mol. The minimum atomic E-state index is 0.647. The van der Waals surface area contributed by atoms with Gasteiger partial charge in [0.2, 0.25) is 0 Å². The van der Waals surface area contributed by atoms with Crippen LogP contribution in [0.15, 0.2) is 54.7 Å². The van der Waals surface area contributed by atoms with E-state index in [2.05, 4.69) is 52.8 Å². The summed E-state index contributed by atoms with van der Waals surface area (Å²) in [6.07, 6.45) is 1.98. The average molecular weight is 280 g/mol. The molecule has 2 aromatic carbocycles. The van der Waals surface area contributed by atoms with Gasteiger partial charge in [-0.1, -0.05) is 30.3 Å². The van der Waals surface area contributed by atoms with Crippen molar-refractivity contribution in [1.29, 1.82) is 0 Å². The number of aromatic amines is 1. The van der Waals surface area contributed by atoms with Crippen molar-refractivity contribution in [2.24, 2.45) is 0 Å². The third-order valence-electron chi connectivity index (χ3n) is 3.63. The number of ether oxygens (including phenoxy) is 1. The first kappa shape index (κ1) is 13.7. The second-order valence-electron chi connectivity index (χ2n) is 5.00. The minimum Gasteiger partial charge on any atom is -0.381 e. The molecule has 3 aromatic rings. The van der Waals surface area contributed by atoms with E-state index in [-0.39, 0.29) is 0 Å². The number of aromatic nitrogens is 1. The molecule has 0 aliphatic rings. The Labute approximate surface area is 125 Å². The topological polar surface area (TPSA) is 37.0 Å². The summed E-state index contributed by atoms with van der Waals surface area (Å²) >= 11 is 0. The molecule has 0 radical (unpaired) electrons. The molecule has 0 atom stereocenters. The summed E-state index contributed by atoms with van der Waals surface area (Å²) < 4.78 is 5.53. The lowest BCUT2D eigenvalue weighted by molar-refractivity contribution is 0.134. The van der Waals surface area contributed by atoms with Gasteiger partial charge in [0.25, 0.3) is 0 Å². The Kier molecular flexibility index (Phi) is 4.22. The Morgan fingerprint density at radius 2 is 1.86 bits per heavy atom. The quantitative estimate of drug-likeness (QED) is 0.705. The van der Waals surface area contributed by atoms with E-state index in [1.807, 2.05) is 19.2 Å². The largest absolute Gasteiger partial charge is 0.381 e. The van der Waals surface area contributed by atoms with Crippen molar-refractivity contribution in [2.45, 2.75) is 20.1 Å². The zero-order valence-corrected chi connectivity index (χ0v) is 12.2. The Balaban J connectivity index is 1.77. The maximum absolute atomic E-state index is 5.53. The van der Waals surface area contributed by atoms with Crippen LogP contribution >= 0.6 is 0 Å². The highest BCUT2D eigenvalue weighted by molar-refractivity contribution is 5.83. The maximum atomic E-state index is 5.53. The Hall–Kier alpha value is -2.26. The first-order valence-electron chi connectivity index (χ1n) is 7.33. The van der Waals surface area contributed by atoms with Gasteiger partial charge in [-0.05, 0) is 30.7 Å². The van der Waals surface area contributed by atoms with Crippen LogP contribution in [-0.2, 0) is 17.9 Å². The maximum Gasteiger partial charge on any atom is 0.0736 e. The molecule has 0 aliphatic heterocycles.